The van der Waals surface area contributed by atoms with E-state index < -0.39 is 0 Å². The molecule has 118 valence electrons. The molecule has 0 heterocycles. The number of likely N-dealkylation sites (N-methyl/N-ethyl adjacent to an activating group) is 2. The fourth-order valence-corrected chi connectivity index (χ4v) is 3.19. The number of nitrogens with one attached hydrogen (secondary N) is 1. The predicted octanol–water partition coefficient (Wildman–Crippen LogP) is 4.02. The van der Waals surface area contributed by atoms with Crippen molar-refractivity contribution >= 4 is 41.5 Å². The van der Waals surface area contributed by atoms with Crippen molar-refractivity contribution in [3.63, 3.8) is 0 Å². The average Bonchev–Trinajstić information content (AvgIpc) is 2.48. The van der Waals surface area contributed by atoms with Gasteiger partial charge in [0.25, 0.3) is 5.91 Å². The third-order valence-corrected chi connectivity index (χ3v) is 4.82. The van der Waals surface area contributed by atoms with Crippen LogP contribution in [0.1, 0.15) is 36.0 Å². The van der Waals surface area contributed by atoms with Gasteiger partial charge < -0.3 is 10.2 Å². The van der Waals surface area contributed by atoms with E-state index in [0.29, 0.717) is 21.7 Å². The molecule has 3 nitrogen and oxygen atoms in total. The third kappa shape index (κ3) is 4.26. The molecular formula is C15H21Cl3N2O. The molecule has 0 radical (unpaired) electrons. The fraction of sp³-hybridized carbons (Fsp3) is 0.533. The molecule has 2 atom stereocenters. The van der Waals surface area contributed by atoms with E-state index >= 15 is 0 Å². The Morgan fingerprint density at radius 1 is 1.24 bits per heavy atom. The van der Waals surface area contributed by atoms with Gasteiger partial charge in [0.1, 0.15) is 0 Å². The summed E-state index contributed by atoms with van der Waals surface area (Å²) in [6.45, 7) is 0. The lowest BCUT2D eigenvalue weighted by Crippen LogP contribution is -2.51. The lowest BCUT2D eigenvalue weighted by Gasteiger charge is -2.38. The SMILES string of the molecule is CN[C@H]1CCCC[C@H]1N(C)C(=O)c1ccc(Cl)c(Cl)c1.Cl. The lowest BCUT2D eigenvalue weighted by atomic mass is 9.89. The summed E-state index contributed by atoms with van der Waals surface area (Å²) in [5, 5.41) is 4.21. The summed E-state index contributed by atoms with van der Waals surface area (Å²) in [7, 11) is 3.83. The van der Waals surface area contributed by atoms with Crippen molar-refractivity contribution in [1.82, 2.24) is 10.2 Å². The van der Waals surface area contributed by atoms with E-state index in [4.69, 9.17) is 23.2 Å². The van der Waals surface area contributed by atoms with Crippen LogP contribution in [0.4, 0.5) is 0 Å². The Morgan fingerprint density at radius 2 is 1.90 bits per heavy atom. The second-order valence-electron chi connectivity index (χ2n) is 5.29. The average molecular weight is 352 g/mol. The number of benzene rings is 1. The molecule has 1 aliphatic carbocycles. The molecule has 1 aromatic rings. The summed E-state index contributed by atoms with van der Waals surface area (Å²) in [6, 6.07) is 5.63. The zero-order chi connectivity index (χ0) is 14.7. The molecule has 1 fully saturated rings. The van der Waals surface area contributed by atoms with Gasteiger partial charge in [0, 0.05) is 24.7 Å². The van der Waals surface area contributed by atoms with Crippen LogP contribution < -0.4 is 5.32 Å². The van der Waals surface area contributed by atoms with E-state index in [-0.39, 0.29) is 24.4 Å². The number of hydrogen-bond donors (Lipinski definition) is 1. The highest BCUT2D eigenvalue weighted by atomic mass is 35.5. The Labute approximate surface area is 142 Å². The van der Waals surface area contributed by atoms with Crippen LogP contribution in [0.2, 0.25) is 10.0 Å². The van der Waals surface area contributed by atoms with Gasteiger partial charge in [0.05, 0.1) is 10.0 Å². The van der Waals surface area contributed by atoms with Gasteiger partial charge in [-0.1, -0.05) is 36.0 Å². The van der Waals surface area contributed by atoms with E-state index in [1.54, 1.807) is 18.2 Å². The molecule has 1 saturated carbocycles. The van der Waals surface area contributed by atoms with Gasteiger partial charge in [-0.3, -0.25) is 4.79 Å². The Balaban J connectivity index is 0.00000220. The van der Waals surface area contributed by atoms with Crippen LogP contribution in [-0.2, 0) is 0 Å². The topological polar surface area (TPSA) is 32.3 Å². The van der Waals surface area contributed by atoms with Crippen LogP contribution in [0.5, 0.6) is 0 Å². The molecule has 2 rings (SSSR count). The Bertz CT molecular complexity index is 496. The van der Waals surface area contributed by atoms with Gasteiger partial charge >= 0.3 is 0 Å². The minimum Gasteiger partial charge on any atom is -0.337 e. The first-order chi connectivity index (χ1) is 9.54. The highest BCUT2D eigenvalue weighted by Crippen LogP contribution is 2.26. The Hall–Kier alpha value is -0.480. The van der Waals surface area contributed by atoms with E-state index in [0.717, 1.165) is 12.8 Å². The number of rotatable bonds is 3. The largest absolute Gasteiger partial charge is 0.337 e. The zero-order valence-electron chi connectivity index (χ0n) is 12.2. The normalized spacial score (nSPS) is 21.5. The number of nitrogens with zero attached hydrogens (tertiary/aromatic N) is 1. The molecule has 1 aromatic carbocycles. The first-order valence-corrected chi connectivity index (χ1v) is 7.69. The van der Waals surface area contributed by atoms with Crippen LogP contribution in [0.15, 0.2) is 18.2 Å². The molecule has 0 aliphatic heterocycles. The molecular weight excluding hydrogens is 331 g/mol. The van der Waals surface area contributed by atoms with Crippen molar-refractivity contribution < 1.29 is 4.79 Å². The number of halogens is 3. The minimum atomic E-state index is -0.00397. The number of amides is 1. The van der Waals surface area contributed by atoms with Crippen molar-refractivity contribution in [2.45, 2.75) is 37.8 Å². The van der Waals surface area contributed by atoms with Crippen molar-refractivity contribution in [2.24, 2.45) is 0 Å². The highest BCUT2D eigenvalue weighted by molar-refractivity contribution is 6.42. The van der Waals surface area contributed by atoms with Crippen LogP contribution in [0, 0.1) is 0 Å². The summed E-state index contributed by atoms with van der Waals surface area (Å²) in [5.41, 5.74) is 0.585. The standard InChI is InChI=1S/C15H20Cl2N2O.ClH/c1-18-13-5-3-4-6-14(13)19(2)15(20)10-7-8-11(16)12(17)9-10;/h7-9,13-14,18H,3-6H2,1-2H3;1H/t13-,14+;/m0./s1. The molecule has 0 saturated heterocycles. The molecule has 0 spiro atoms. The minimum absolute atomic E-state index is 0. The lowest BCUT2D eigenvalue weighted by molar-refractivity contribution is 0.0655. The molecule has 1 N–H and O–H groups in total. The van der Waals surface area contributed by atoms with Crippen molar-refractivity contribution in [3.05, 3.63) is 33.8 Å². The highest BCUT2D eigenvalue weighted by Gasteiger charge is 2.30. The van der Waals surface area contributed by atoms with E-state index in [9.17, 15) is 4.79 Å². The number of carbonyl (C=O) groups excluding carboxylic acids is 1. The molecule has 0 bridgehead atoms. The Kier molecular flexibility index (Phi) is 7.28. The third-order valence-electron chi connectivity index (χ3n) is 4.08. The van der Waals surface area contributed by atoms with Crippen LogP contribution in [-0.4, -0.2) is 37.0 Å². The maximum atomic E-state index is 12.6. The first kappa shape index (κ1) is 18.6. The second kappa shape index (κ2) is 8.23. The van der Waals surface area contributed by atoms with Gasteiger partial charge in [-0.25, -0.2) is 0 Å². The molecule has 21 heavy (non-hydrogen) atoms. The molecule has 1 amide bonds. The maximum Gasteiger partial charge on any atom is 0.253 e. The summed E-state index contributed by atoms with van der Waals surface area (Å²) >= 11 is 11.9. The van der Waals surface area contributed by atoms with Gasteiger partial charge in [-0.05, 0) is 38.1 Å². The molecule has 6 heteroatoms. The summed E-state index contributed by atoms with van der Waals surface area (Å²) in [4.78, 5) is 14.4. The monoisotopic (exact) mass is 350 g/mol. The van der Waals surface area contributed by atoms with Crippen LogP contribution in [0.25, 0.3) is 0 Å². The van der Waals surface area contributed by atoms with Gasteiger partial charge in [-0.2, -0.15) is 0 Å². The van der Waals surface area contributed by atoms with Crippen molar-refractivity contribution in [2.75, 3.05) is 14.1 Å². The fourth-order valence-electron chi connectivity index (χ4n) is 2.89. The van der Waals surface area contributed by atoms with E-state index in [1.165, 1.54) is 12.8 Å². The Morgan fingerprint density at radius 3 is 2.52 bits per heavy atom. The first-order valence-electron chi connectivity index (χ1n) is 6.94. The summed E-state index contributed by atoms with van der Waals surface area (Å²) in [5.74, 6) is -0.00397. The maximum absolute atomic E-state index is 12.6. The van der Waals surface area contributed by atoms with Crippen molar-refractivity contribution in [1.29, 1.82) is 0 Å². The molecule has 1 aliphatic rings. The summed E-state index contributed by atoms with van der Waals surface area (Å²) < 4.78 is 0. The van der Waals surface area contributed by atoms with Crippen molar-refractivity contribution in [3.8, 4) is 0 Å². The van der Waals surface area contributed by atoms with Gasteiger partial charge in [0.15, 0.2) is 0 Å². The number of hydrogen-bond acceptors (Lipinski definition) is 2. The van der Waals surface area contributed by atoms with E-state index in [2.05, 4.69) is 5.32 Å². The van der Waals surface area contributed by atoms with Crippen LogP contribution >= 0.6 is 35.6 Å². The predicted molar refractivity (Wildman–Crippen MR) is 90.9 cm³/mol. The second-order valence-corrected chi connectivity index (χ2v) is 6.11. The quantitative estimate of drug-likeness (QED) is 0.892. The zero-order valence-corrected chi connectivity index (χ0v) is 14.6. The summed E-state index contributed by atoms with van der Waals surface area (Å²) in [6.07, 6.45) is 4.54. The molecule has 0 aromatic heterocycles. The van der Waals surface area contributed by atoms with Gasteiger partial charge in [0.2, 0.25) is 0 Å². The van der Waals surface area contributed by atoms with E-state index in [1.807, 2.05) is 19.0 Å². The van der Waals surface area contributed by atoms with Gasteiger partial charge in [-0.15, -0.1) is 12.4 Å². The molecule has 0 unspecified atom stereocenters. The number of carbonyl (C=O) groups is 1. The smallest absolute Gasteiger partial charge is 0.253 e. The van der Waals surface area contributed by atoms with Crippen LogP contribution in [0.3, 0.4) is 0 Å².